The first-order valence-corrected chi connectivity index (χ1v) is 6.78. The highest BCUT2D eigenvalue weighted by Crippen LogP contribution is 2.34. The Morgan fingerprint density at radius 2 is 2.00 bits per heavy atom. The Labute approximate surface area is 109 Å². The van der Waals surface area contributed by atoms with Crippen molar-refractivity contribution in [1.29, 1.82) is 0 Å². The molecule has 1 aromatic carbocycles. The molecule has 1 aliphatic carbocycles. The number of nitrogens with one attached hydrogen (secondary N) is 1. The van der Waals surface area contributed by atoms with Gasteiger partial charge in [-0.15, -0.1) is 0 Å². The predicted molar refractivity (Wildman–Crippen MR) is 75.6 cm³/mol. The highest BCUT2D eigenvalue weighted by atomic mass is 35.5. The molecule has 2 nitrogen and oxygen atoms in total. The van der Waals surface area contributed by atoms with Crippen LogP contribution in [0.15, 0.2) is 12.1 Å². The van der Waals surface area contributed by atoms with Crippen LogP contribution >= 0.6 is 11.6 Å². The first-order valence-electron chi connectivity index (χ1n) is 6.40. The molecule has 0 bridgehead atoms. The molecule has 0 radical (unpaired) electrons. The average molecular weight is 253 g/mol. The largest absolute Gasteiger partial charge is 0.397 e. The molecule has 0 saturated heterocycles. The van der Waals surface area contributed by atoms with Crippen LogP contribution in [-0.4, -0.2) is 6.04 Å². The Bertz CT molecular complexity index is 380. The summed E-state index contributed by atoms with van der Waals surface area (Å²) in [6, 6.07) is 4.45. The quantitative estimate of drug-likeness (QED) is 0.774. The van der Waals surface area contributed by atoms with Gasteiger partial charge in [0, 0.05) is 6.04 Å². The number of benzene rings is 1. The van der Waals surface area contributed by atoms with Crippen LogP contribution in [-0.2, 0) is 0 Å². The van der Waals surface area contributed by atoms with Gasteiger partial charge in [0.2, 0.25) is 0 Å². The van der Waals surface area contributed by atoms with E-state index in [1.54, 1.807) is 0 Å². The molecule has 2 rings (SSSR count). The van der Waals surface area contributed by atoms with E-state index in [0.717, 1.165) is 22.0 Å². The van der Waals surface area contributed by atoms with Crippen LogP contribution < -0.4 is 11.1 Å². The van der Waals surface area contributed by atoms with Gasteiger partial charge >= 0.3 is 0 Å². The first kappa shape index (κ1) is 12.6. The molecule has 1 aliphatic rings. The summed E-state index contributed by atoms with van der Waals surface area (Å²) >= 11 is 6.26. The van der Waals surface area contributed by atoms with E-state index in [2.05, 4.69) is 12.2 Å². The molecule has 3 heteroatoms. The second kappa shape index (κ2) is 5.18. The van der Waals surface area contributed by atoms with Crippen molar-refractivity contribution in [3.8, 4) is 0 Å². The number of anilines is 2. The summed E-state index contributed by atoms with van der Waals surface area (Å²) in [5.41, 5.74) is 8.81. The molecule has 1 fully saturated rings. The molecule has 94 valence electrons. The van der Waals surface area contributed by atoms with Gasteiger partial charge in [0.05, 0.1) is 16.4 Å². The van der Waals surface area contributed by atoms with Gasteiger partial charge in [0.1, 0.15) is 0 Å². The van der Waals surface area contributed by atoms with Crippen molar-refractivity contribution >= 4 is 23.0 Å². The maximum Gasteiger partial charge on any atom is 0.0765 e. The van der Waals surface area contributed by atoms with Crippen LogP contribution in [0.1, 0.15) is 38.2 Å². The van der Waals surface area contributed by atoms with Crippen molar-refractivity contribution in [2.24, 2.45) is 5.92 Å². The number of nitrogen functional groups attached to an aromatic ring is 1. The molecule has 1 aromatic rings. The molecule has 0 spiro atoms. The van der Waals surface area contributed by atoms with Crippen molar-refractivity contribution in [1.82, 2.24) is 0 Å². The molecule has 0 heterocycles. The molecule has 0 aliphatic heterocycles. The van der Waals surface area contributed by atoms with E-state index in [0.29, 0.717) is 12.0 Å². The van der Waals surface area contributed by atoms with E-state index in [-0.39, 0.29) is 0 Å². The van der Waals surface area contributed by atoms with Gasteiger partial charge in [-0.05, 0) is 43.4 Å². The van der Waals surface area contributed by atoms with Gasteiger partial charge < -0.3 is 11.1 Å². The molecule has 17 heavy (non-hydrogen) atoms. The summed E-state index contributed by atoms with van der Waals surface area (Å²) in [6.45, 7) is 4.31. The maximum atomic E-state index is 6.26. The third kappa shape index (κ3) is 2.86. The number of hydrogen-bond donors (Lipinski definition) is 2. The lowest BCUT2D eigenvalue weighted by atomic mass is 9.86. The Balaban J connectivity index is 2.17. The van der Waals surface area contributed by atoms with Crippen molar-refractivity contribution in [3.05, 3.63) is 22.7 Å². The second-order valence-corrected chi connectivity index (χ2v) is 5.63. The number of hydrogen-bond acceptors (Lipinski definition) is 2. The van der Waals surface area contributed by atoms with Crippen LogP contribution in [0.3, 0.4) is 0 Å². The van der Waals surface area contributed by atoms with Crippen LogP contribution in [0.2, 0.25) is 5.02 Å². The Kier molecular flexibility index (Phi) is 3.82. The van der Waals surface area contributed by atoms with Gasteiger partial charge in [0.15, 0.2) is 0 Å². The molecular weight excluding hydrogens is 232 g/mol. The number of rotatable bonds is 2. The second-order valence-electron chi connectivity index (χ2n) is 5.22. The fraction of sp³-hybridized carbons (Fsp3) is 0.571. The highest BCUT2D eigenvalue weighted by molar-refractivity contribution is 6.34. The van der Waals surface area contributed by atoms with Crippen LogP contribution in [0, 0.1) is 12.8 Å². The molecule has 0 aromatic heterocycles. The van der Waals surface area contributed by atoms with Crippen molar-refractivity contribution in [3.63, 3.8) is 0 Å². The normalized spacial score (nSPS) is 24.6. The fourth-order valence-electron chi connectivity index (χ4n) is 2.64. The summed E-state index contributed by atoms with van der Waals surface area (Å²) in [5, 5.41) is 4.27. The Hall–Kier alpha value is -0.890. The lowest BCUT2D eigenvalue weighted by Gasteiger charge is -2.31. The monoisotopic (exact) mass is 252 g/mol. The molecular formula is C14H21ClN2. The van der Waals surface area contributed by atoms with Crippen molar-refractivity contribution in [2.45, 2.75) is 45.6 Å². The summed E-state index contributed by atoms with van der Waals surface area (Å²) < 4.78 is 0. The van der Waals surface area contributed by atoms with Gasteiger partial charge in [0.25, 0.3) is 0 Å². The Morgan fingerprint density at radius 3 is 2.65 bits per heavy atom. The van der Waals surface area contributed by atoms with Crippen molar-refractivity contribution in [2.75, 3.05) is 11.1 Å². The van der Waals surface area contributed by atoms with Crippen LogP contribution in [0.25, 0.3) is 0 Å². The van der Waals surface area contributed by atoms with Crippen LogP contribution in [0.4, 0.5) is 11.4 Å². The van der Waals surface area contributed by atoms with E-state index in [9.17, 15) is 0 Å². The zero-order chi connectivity index (χ0) is 12.4. The van der Waals surface area contributed by atoms with E-state index in [4.69, 9.17) is 17.3 Å². The van der Waals surface area contributed by atoms with E-state index in [1.165, 1.54) is 25.7 Å². The maximum absolute atomic E-state index is 6.26. The molecule has 1 saturated carbocycles. The lowest BCUT2D eigenvalue weighted by Crippen LogP contribution is -2.30. The fourth-order valence-corrected chi connectivity index (χ4v) is 2.97. The van der Waals surface area contributed by atoms with Gasteiger partial charge in [-0.3, -0.25) is 0 Å². The van der Waals surface area contributed by atoms with Crippen LogP contribution in [0.5, 0.6) is 0 Å². The van der Waals surface area contributed by atoms with Crippen molar-refractivity contribution < 1.29 is 0 Å². The summed E-state index contributed by atoms with van der Waals surface area (Å²) in [4.78, 5) is 0. The minimum absolute atomic E-state index is 0.506. The Morgan fingerprint density at radius 1 is 1.29 bits per heavy atom. The lowest BCUT2D eigenvalue weighted by molar-refractivity contribution is 0.349. The van der Waals surface area contributed by atoms with E-state index >= 15 is 0 Å². The van der Waals surface area contributed by atoms with Gasteiger partial charge in [-0.1, -0.05) is 31.4 Å². The average Bonchev–Trinajstić information content (AvgIpc) is 2.25. The topological polar surface area (TPSA) is 38.0 Å². The third-order valence-electron chi connectivity index (χ3n) is 3.71. The first-order chi connectivity index (χ1) is 8.08. The van der Waals surface area contributed by atoms with E-state index in [1.807, 2.05) is 19.1 Å². The standard InChI is InChI=1S/C14H21ClN2/c1-9-7-11(15)14(12(16)8-9)17-13-6-4-3-5-10(13)2/h7-8,10,13,17H,3-6,16H2,1-2H3. The number of halogens is 1. The molecule has 3 N–H and O–H groups in total. The minimum atomic E-state index is 0.506. The molecule has 0 amide bonds. The van der Waals surface area contributed by atoms with Gasteiger partial charge in [-0.25, -0.2) is 0 Å². The van der Waals surface area contributed by atoms with Gasteiger partial charge in [-0.2, -0.15) is 0 Å². The van der Waals surface area contributed by atoms with E-state index < -0.39 is 0 Å². The number of nitrogens with two attached hydrogens (primary N) is 1. The smallest absolute Gasteiger partial charge is 0.0765 e. The molecule has 2 unspecified atom stereocenters. The predicted octanol–water partition coefficient (Wildman–Crippen LogP) is 4.22. The summed E-state index contributed by atoms with van der Waals surface area (Å²) in [5.74, 6) is 0.695. The zero-order valence-electron chi connectivity index (χ0n) is 10.6. The third-order valence-corrected chi connectivity index (χ3v) is 4.00. The molecule has 2 atom stereocenters. The summed E-state index contributed by atoms with van der Waals surface area (Å²) in [7, 11) is 0. The SMILES string of the molecule is Cc1cc(N)c(NC2CCCCC2C)c(Cl)c1. The number of aryl methyl sites for hydroxylation is 1. The summed E-state index contributed by atoms with van der Waals surface area (Å²) in [6.07, 6.45) is 5.15. The highest BCUT2D eigenvalue weighted by Gasteiger charge is 2.22. The minimum Gasteiger partial charge on any atom is -0.397 e. The zero-order valence-corrected chi connectivity index (χ0v) is 11.3.